The SMILES string of the molecule is O=C(O)c1ccc2ccccc2c1C(=O)O.[Zn]. The van der Waals surface area contributed by atoms with E-state index >= 15 is 0 Å². The van der Waals surface area contributed by atoms with E-state index in [0.29, 0.717) is 10.8 Å². The van der Waals surface area contributed by atoms with Crippen molar-refractivity contribution in [2.45, 2.75) is 0 Å². The maximum Gasteiger partial charge on any atom is 0.337 e. The predicted molar refractivity (Wildman–Crippen MR) is 57.9 cm³/mol. The Bertz CT molecular complexity index is 592. The van der Waals surface area contributed by atoms with Crippen LogP contribution in [0.2, 0.25) is 0 Å². The molecule has 0 aromatic heterocycles. The van der Waals surface area contributed by atoms with E-state index in [4.69, 9.17) is 10.2 Å². The van der Waals surface area contributed by atoms with Crippen LogP contribution in [0.25, 0.3) is 10.8 Å². The first kappa shape index (κ1) is 13.3. The second kappa shape index (κ2) is 5.06. The Morgan fingerprint density at radius 2 is 1.53 bits per heavy atom. The molecule has 0 aliphatic rings. The average Bonchev–Trinajstić information content (AvgIpc) is 2.27. The fourth-order valence-electron chi connectivity index (χ4n) is 1.68. The molecule has 0 atom stereocenters. The molecule has 0 fully saturated rings. The molecule has 0 bridgehead atoms. The van der Waals surface area contributed by atoms with Gasteiger partial charge in [-0.15, -0.1) is 0 Å². The zero-order valence-corrected chi connectivity index (χ0v) is 11.8. The summed E-state index contributed by atoms with van der Waals surface area (Å²) in [6.07, 6.45) is 0. The molecule has 17 heavy (non-hydrogen) atoms. The standard InChI is InChI=1S/C12H8O4.Zn/c13-11(14)9-6-5-7-3-1-2-4-8(7)10(9)12(15)16;/h1-6H,(H,13,14)(H,15,16);. The van der Waals surface area contributed by atoms with Crippen LogP contribution in [0.3, 0.4) is 0 Å². The molecule has 0 unspecified atom stereocenters. The first-order chi connectivity index (χ1) is 7.61. The van der Waals surface area contributed by atoms with Crippen LogP contribution in [0.1, 0.15) is 20.7 Å². The molecular weight excluding hydrogens is 274 g/mol. The van der Waals surface area contributed by atoms with Crippen LogP contribution in [0.4, 0.5) is 0 Å². The number of aromatic carboxylic acids is 2. The van der Waals surface area contributed by atoms with Crippen molar-refractivity contribution in [3.8, 4) is 0 Å². The van der Waals surface area contributed by atoms with E-state index in [1.165, 1.54) is 6.07 Å². The third-order valence-corrected chi connectivity index (χ3v) is 2.37. The smallest absolute Gasteiger partial charge is 0.337 e. The normalized spacial score (nSPS) is 9.65. The van der Waals surface area contributed by atoms with Crippen LogP contribution in [-0.4, -0.2) is 22.2 Å². The monoisotopic (exact) mass is 280 g/mol. The van der Waals surface area contributed by atoms with Crippen LogP contribution < -0.4 is 0 Å². The van der Waals surface area contributed by atoms with E-state index in [2.05, 4.69) is 0 Å². The van der Waals surface area contributed by atoms with Crippen LogP contribution in [0, 0.1) is 0 Å². The third-order valence-electron chi connectivity index (χ3n) is 2.37. The van der Waals surface area contributed by atoms with Gasteiger partial charge in [-0.3, -0.25) is 0 Å². The molecule has 0 aliphatic carbocycles. The molecule has 0 spiro atoms. The number of benzene rings is 2. The van der Waals surface area contributed by atoms with Crippen LogP contribution in [0.5, 0.6) is 0 Å². The molecule has 82 valence electrons. The summed E-state index contributed by atoms with van der Waals surface area (Å²) in [4.78, 5) is 22.0. The summed E-state index contributed by atoms with van der Waals surface area (Å²) in [5.74, 6) is -2.46. The van der Waals surface area contributed by atoms with Gasteiger partial charge in [-0.05, 0) is 16.8 Å². The summed E-state index contributed by atoms with van der Waals surface area (Å²) in [7, 11) is 0. The molecule has 0 saturated carbocycles. The quantitative estimate of drug-likeness (QED) is 0.828. The maximum atomic E-state index is 11.1. The molecule has 2 rings (SSSR count). The van der Waals surface area contributed by atoms with Crippen molar-refractivity contribution in [3.05, 3.63) is 47.5 Å². The minimum absolute atomic E-state index is 0. The topological polar surface area (TPSA) is 74.6 Å². The molecular formula is C12H8O4Zn. The molecule has 4 nitrogen and oxygen atoms in total. The number of rotatable bonds is 2. The molecule has 0 radical (unpaired) electrons. The summed E-state index contributed by atoms with van der Waals surface area (Å²) >= 11 is 0. The van der Waals surface area contributed by atoms with Gasteiger partial charge in [-0.25, -0.2) is 9.59 Å². The maximum absolute atomic E-state index is 11.1. The van der Waals surface area contributed by atoms with Gasteiger partial charge in [0.2, 0.25) is 0 Å². The first-order valence-corrected chi connectivity index (χ1v) is 4.59. The zero-order chi connectivity index (χ0) is 11.7. The summed E-state index contributed by atoms with van der Waals surface area (Å²) < 4.78 is 0. The van der Waals surface area contributed by atoms with Gasteiger partial charge in [0.05, 0.1) is 11.1 Å². The number of hydrogen-bond acceptors (Lipinski definition) is 2. The van der Waals surface area contributed by atoms with Gasteiger partial charge in [0, 0.05) is 19.5 Å². The summed E-state index contributed by atoms with van der Waals surface area (Å²) in [6, 6.07) is 9.72. The van der Waals surface area contributed by atoms with E-state index < -0.39 is 11.9 Å². The molecule has 0 amide bonds. The minimum atomic E-state index is -1.23. The predicted octanol–water partition coefficient (Wildman–Crippen LogP) is 2.23. The van der Waals surface area contributed by atoms with Crippen LogP contribution in [0.15, 0.2) is 36.4 Å². The van der Waals surface area contributed by atoms with Gasteiger partial charge in [0.25, 0.3) is 0 Å². The molecule has 2 aromatic rings. The fraction of sp³-hybridized carbons (Fsp3) is 0. The van der Waals surface area contributed by atoms with Gasteiger partial charge in [-0.2, -0.15) is 0 Å². The molecule has 2 aromatic carbocycles. The summed E-state index contributed by atoms with van der Waals surface area (Å²) in [5, 5.41) is 19.1. The van der Waals surface area contributed by atoms with Gasteiger partial charge in [0.15, 0.2) is 0 Å². The van der Waals surface area contributed by atoms with Crippen molar-refractivity contribution in [3.63, 3.8) is 0 Å². The van der Waals surface area contributed by atoms with Gasteiger partial charge in [-0.1, -0.05) is 30.3 Å². The Labute approximate surface area is 110 Å². The van der Waals surface area contributed by atoms with E-state index in [-0.39, 0.29) is 30.6 Å². The fourth-order valence-corrected chi connectivity index (χ4v) is 1.68. The van der Waals surface area contributed by atoms with E-state index in [1.54, 1.807) is 30.3 Å². The van der Waals surface area contributed by atoms with E-state index in [9.17, 15) is 9.59 Å². The number of carbonyl (C=O) groups is 2. The largest absolute Gasteiger partial charge is 0.478 e. The molecule has 2 N–H and O–H groups in total. The van der Waals surface area contributed by atoms with Crippen LogP contribution >= 0.6 is 0 Å². The van der Waals surface area contributed by atoms with E-state index in [0.717, 1.165) is 0 Å². The Hall–Kier alpha value is -1.74. The molecule has 0 heterocycles. The first-order valence-electron chi connectivity index (χ1n) is 4.59. The number of carboxylic acid groups (broad SMARTS) is 2. The Balaban J connectivity index is 0.00000144. The zero-order valence-electron chi connectivity index (χ0n) is 8.88. The van der Waals surface area contributed by atoms with Crippen LogP contribution in [-0.2, 0) is 19.5 Å². The minimum Gasteiger partial charge on any atom is -0.478 e. The van der Waals surface area contributed by atoms with E-state index in [1.807, 2.05) is 0 Å². The summed E-state index contributed by atoms with van der Waals surface area (Å²) in [5.41, 5.74) is -0.350. The Morgan fingerprint density at radius 3 is 2.12 bits per heavy atom. The van der Waals surface area contributed by atoms with Gasteiger partial charge >= 0.3 is 11.9 Å². The Kier molecular flexibility index (Phi) is 3.97. The second-order valence-corrected chi connectivity index (χ2v) is 3.32. The van der Waals surface area contributed by atoms with Crippen molar-refractivity contribution in [1.29, 1.82) is 0 Å². The summed E-state index contributed by atoms with van der Waals surface area (Å²) in [6.45, 7) is 0. The van der Waals surface area contributed by atoms with Crippen molar-refractivity contribution in [2.24, 2.45) is 0 Å². The van der Waals surface area contributed by atoms with Crippen molar-refractivity contribution in [1.82, 2.24) is 0 Å². The number of fused-ring (bicyclic) bond motifs is 1. The van der Waals surface area contributed by atoms with Crippen molar-refractivity contribution < 1.29 is 39.3 Å². The van der Waals surface area contributed by atoms with Gasteiger partial charge in [0.1, 0.15) is 0 Å². The second-order valence-electron chi connectivity index (χ2n) is 3.32. The van der Waals surface area contributed by atoms with Crippen molar-refractivity contribution >= 4 is 22.7 Å². The number of hydrogen-bond donors (Lipinski definition) is 2. The Morgan fingerprint density at radius 1 is 0.882 bits per heavy atom. The average molecular weight is 282 g/mol. The molecule has 0 aliphatic heterocycles. The van der Waals surface area contributed by atoms with Crippen molar-refractivity contribution in [2.75, 3.05) is 0 Å². The van der Waals surface area contributed by atoms with Gasteiger partial charge < -0.3 is 10.2 Å². The molecule has 0 saturated heterocycles. The third kappa shape index (κ3) is 2.34. The number of carboxylic acids is 2. The molecule has 5 heteroatoms.